The zero-order chi connectivity index (χ0) is 12.8. The SMILES string of the molecule is Cc1ccccc1OCCC(O)C1CCCCC1. The van der Waals surface area contributed by atoms with Crippen LogP contribution in [0.4, 0.5) is 0 Å². The van der Waals surface area contributed by atoms with Gasteiger partial charge in [0.25, 0.3) is 0 Å². The van der Waals surface area contributed by atoms with E-state index in [9.17, 15) is 5.11 Å². The molecule has 2 rings (SSSR count). The number of hydrogen-bond acceptors (Lipinski definition) is 2. The number of aryl methyl sites for hydroxylation is 1. The van der Waals surface area contributed by atoms with Crippen LogP contribution in [0.3, 0.4) is 0 Å². The molecule has 2 nitrogen and oxygen atoms in total. The summed E-state index contributed by atoms with van der Waals surface area (Å²) in [7, 11) is 0. The van der Waals surface area contributed by atoms with Crippen LogP contribution >= 0.6 is 0 Å². The Morgan fingerprint density at radius 1 is 1.22 bits per heavy atom. The summed E-state index contributed by atoms with van der Waals surface area (Å²) in [5, 5.41) is 10.1. The number of ether oxygens (including phenoxy) is 1. The Labute approximate surface area is 110 Å². The van der Waals surface area contributed by atoms with Gasteiger partial charge in [-0.3, -0.25) is 0 Å². The Morgan fingerprint density at radius 2 is 1.94 bits per heavy atom. The van der Waals surface area contributed by atoms with E-state index in [4.69, 9.17) is 4.74 Å². The predicted molar refractivity (Wildman–Crippen MR) is 73.9 cm³/mol. The molecule has 0 bridgehead atoms. The molecule has 1 atom stereocenters. The van der Waals surface area contributed by atoms with Crippen molar-refractivity contribution in [1.82, 2.24) is 0 Å². The predicted octanol–water partition coefficient (Wildman–Crippen LogP) is 3.71. The fraction of sp³-hybridized carbons (Fsp3) is 0.625. The summed E-state index contributed by atoms with van der Waals surface area (Å²) in [6.45, 7) is 2.66. The Balaban J connectivity index is 1.73. The van der Waals surface area contributed by atoms with Crippen LogP contribution in [0.25, 0.3) is 0 Å². The van der Waals surface area contributed by atoms with E-state index in [-0.39, 0.29) is 6.10 Å². The minimum Gasteiger partial charge on any atom is -0.493 e. The lowest BCUT2D eigenvalue weighted by Crippen LogP contribution is -2.24. The first-order valence-corrected chi connectivity index (χ1v) is 7.14. The van der Waals surface area contributed by atoms with Gasteiger partial charge < -0.3 is 9.84 Å². The van der Waals surface area contributed by atoms with Crippen LogP contribution in [0.1, 0.15) is 44.1 Å². The quantitative estimate of drug-likeness (QED) is 0.861. The van der Waals surface area contributed by atoms with Gasteiger partial charge in [0.15, 0.2) is 0 Å². The van der Waals surface area contributed by atoms with Gasteiger partial charge in [-0.15, -0.1) is 0 Å². The van der Waals surface area contributed by atoms with E-state index < -0.39 is 0 Å². The number of benzene rings is 1. The highest BCUT2D eigenvalue weighted by atomic mass is 16.5. The summed E-state index contributed by atoms with van der Waals surface area (Å²) < 4.78 is 5.74. The second kappa shape index (κ2) is 6.79. The van der Waals surface area contributed by atoms with Crippen molar-refractivity contribution < 1.29 is 9.84 Å². The van der Waals surface area contributed by atoms with Crippen molar-refractivity contribution in [3.63, 3.8) is 0 Å². The molecule has 0 saturated heterocycles. The van der Waals surface area contributed by atoms with Crippen LogP contribution in [0.2, 0.25) is 0 Å². The van der Waals surface area contributed by atoms with Crippen molar-refractivity contribution in [1.29, 1.82) is 0 Å². The summed E-state index contributed by atoms with van der Waals surface area (Å²) in [6, 6.07) is 8.04. The minimum absolute atomic E-state index is 0.186. The van der Waals surface area contributed by atoms with Crippen molar-refractivity contribution in [2.75, 3.05) is 6.61 Å². The molecule has 100 valence electrons. The maximum atomic E-state index is 10.1. The molecule has 0 aromatic heterocycles. The van der Waals surface area contributed by atoms with Crippen LogP contribution < -0.4 is 4.74 Å². The molecule has 1 fully saturated rings. The summed E-state index contributed by atoms with van der Waals surface area (Å²) in [5.41, 5.74) is 1.16. The minimum atomic E-state index is -0.186. The topological polar surface area (TPSA) is 29.5 Å². The number of hydrogen-bond donors (Lipinski definition) is 1. The van der Waals surface area contributed by atoms with Crippen molar-refractivity contribution in [2.24, 2.45) is 5.92 Å². The normalized spacial score (nSPS) is 18.6. The van der Waals surface area contributed by atoms with Gasteiger partial charge in [-0.25, -0.2) is 0 Å². The fourth-order valence-corrected chi connectivity index (χ4v) is 2.76. The zero-order valence-corrected chi connectivity index (χ0v) is 11.3. The summed E-state index contributed by atoms with van der Waals surface area (Å²) >= 11 is 0. The largest absolute Gasteiger partial charge is 0.493 e. The van der Waals surface area contributed by atoms with E-state index in [1.165, 1.54) is 32.1 Å². The molecule has 1 aromatic rings. The summed E-state index contributed by atoms with van der Waals surface area (Å²) in [4.78, 5) is 0. The van der Waals surface area contributed by atoms with E-state index in [2.05, 4.69) is 0 Å². The number of aliphatic hydroxyl groups excluding tert-OH is 1. The average molecular weight is 248 g/mol. The average Bonchev–Trinajstić information content (AvgIpc) is 2.42. The molecule has 0 aliphatic heterocycles. The highest BCUT2D eigenvalue weighted by Crippen LogP contribution is 2.27. The van der Waals surface area contributed by atoms with Crippen LogP contribution in [-0.4, -0.2) is 17.8 Å². The van der Waals surface area contributed by atoms with Crippen molar-refractivity contribution >= 4 is 0 Å². The molecule has 1 aliphatic rings. The lowest BCUT2D eigenvalue weighted by molar-refractivity contribution is 0.0640. The number of rotatable bonds is 5. The van der Waals surface area contributed by atoms with Crippen LogP contribution in [0.15, 0.2) is 24.3 Å². The molecule has 1 unspecified atom stereocenters. The first kappa shape index (κ1) is 13.4. The fourth-order valence-electron chi connectivity index (χ4n) is 2.76. The van der Waals surface area contributed by atoms with E-state index in [0.717, 1.165) is 17.7 Å². The van der Waals surface area contributed by atoms with Gasteiger partial charge in [-0.05, 0) is 37.3 Å². The van der Waals surface area contributed by atoms with Crippen LogP contribution in [0, 0.1) is 12.8 Å². The smallest absolute Gasteiger partial charge is 0.122 e. The van der Waals surface area contributed by atoms with Crippen LogP contribution in [-0.2, 0) is 0 Å². The first-order chi connectivity index (χ1) is 8.77. The van der Waals surface area contributed by atoms with E-state index in [1.54, 1.807) is 0 Å². The van der Waals surface area contributed by atoms with Crippen molar-refractivity contribution in [3.05, 3.63) is 29.8 Å². The highest BCUT2D eigenvalue weighted by Gasteiger charge is 2.21. The second-order valence-electron chi connectivity index (χ2n) is 5.37. The lowest BCUT2D eigenvalue weighted by Gasteiger charge is -2.26. The second-order valence-corrected chi connectivity index (χ2v) is 5.37. The van der Waals surface area contributed by atoms with Gasteiger partial charge in [0.05, 0.1) is 12.7 Å². The first-order valence-electron chi connectivity index (χ1n) is 7.14. The molecule has 1 aromatic carbocycles. The molecule has 1 N–H and O–H groups in total. The van der Waals surface area contributed by atoms with Gasteiger partial charge in [0.2, 0.25) is 0 Å². The molecule has 0 radical (unpaired) electrons. The van der Waals surface area contributed by atoms with E-state index in [1.807, 2.05) is 31.2 Å². The van der Waals surface area contributed by atoms with Gasteiger partial charge >= 0.3 is 0 Å². The number of aliphatic hydroxyl groups is 1. The Bertz CT molecular complexity index is 356. The molecule has 0 heterocycles. The van der Waals surface area contributed by atoms with Gasteiger partial charge in [0, 0.05) is 6.42 Å². The third-order valence-electron chi connectivity index (χ3n) is 3.96. The lowest BCUT2D eigenvalue weighted by atomic mass is 9.84. The van der Waals surface area contributed by atoms with Gasteiger partial charge in [-0.1, -0.05) is 37.5 Å². The monoisotopic (exact) mass is 248 g/mol. The molecular weight excluding hydrogens is 224 g/mol. The van der Waals surface area contributed by atoms with Crippen LogP contribution in [0.5, 0.6) is 5.75 Å². The van der Waals surface area contributed by atoms with Gasteiger partial charge in [0.1, 0.15) is 5.75 Å². The molecule has 2 heteroatoms. The molecule has 0 spiro atoms. The van der Waals surface area contributed by atoms with E-state index in [0.29, 0.717) is 12.5 Å². The molecule has 18 heavy (non-hydrogen) atoms. The van der Waals surface area contributed by atoms with Crippen molar-refractivity contribution in [3.8, 4) is 5.75 Å². The van der Waals surface area contributed by atoms with Crippen molar-refractivity contribution in [2.45, 2.75) is 51.6 Å². The Hall–Kier alpha value is -1.02. The van der Waals surface area contributed by atoms with Gasteiger partial charge in [-0.2, -0.15) is 0 Å². The Morgan fingerprint density at radius 3 is 2.67 bits per heavy atom. The standard InChI is InChI=1S/C16H24O2/c1-13-7-5-6-10-16(13)18-12-11-15(17)14-8-3-2-4-9-14/h5-7,10,14-15,17H,2-4,8-9,11-12H2,1H3. The maximum Gasteiger partial charge on any atom is 0.122 e. The Kier molecular flexibility index (Phi) is 5.06. The molecule has 1 aliphatic carbocycles. The zero-order valence-electron chi connectivity index (χ0n) is 11.3. The maximum absolute atomic E-state index is 10.1. The third kappa shape index (κ3) is 3.74. The molecular formula is C16H24O2. The third-order valence-corrected chi connectivity index (χ3v) is 3.96. The molecule has 1 saturated carbocycles. The summed E-state index contributed by atoms with van der Waals surface area (Å²) in [6.07, 6.45) is 6.83. The summed E-state index contributed by atoms with van der Waals surface area (Å²) in [5.74, 6) is 1.44. The molecule has 0 amide bonds. The highest BCUT2D eigenvalue weighted by molar-refractivity contribution is 5.31. The number of para-hydroxylation sites is 1. The van der Waals surface area contributed by atoms with E-state index >= 15 is 0 Å².